The first kappa shape index (κ1) is 13.3. The van der Waals surface area contributed by atoms with Crippen molar-refractivity contribution >= 4 is 11.8 Å². The molecule has 1 saturated heterocycles. The van der Waals surface area contributed by atoms with Gasteiger partial charge in [-0.2, -0.15) is 0 Å². The van der Waals surface area contributed by atoms with Crippen LogP contribution in [0.3, 0.4) is 0 Å². The molecule has 0 radical (unpaired) electrons. The van der Waals surface area contributed by atoms with Crippen molar-refractivity contribution in [2.24, 2.45) is 11.1 Å². The lowest BCUT2D eigenvalue weighted by Crippen LogP contribution is -2.61. The highest BCUT2D eigenvalue weighted by Crippen LogP contribution is 2.42. The van der Waals surface area contributed by atoms with E-state index in [1.165, 1.54) is 0 Å². The van der Waals surface area contributed by atoms with E-state index in [0.717, 1.165) is 38.6 Å². The van der Waals surface area contributed by atoms with Gasteiger partial charge in [0.2, 0.25) is 11.8 Å². The van der Waals surface area contributed by atoms with Gasteiger partial charge in [0.25, 0.3) is 0 Å². The summed E-state index contributed by atoms with van der Waals surface area (Å²) in [6.07, 6.45) is 5.01. The zero-order valence-electron chi connectivity index (χ0n) is 11.1. The van der Waals surface area contributed by atoms with E-state index in [4.69, 9.17) is 5.73 Å². The summed E-state index contributed by atoms with van der Waals surface area (Å²) in [6, 6.07) is -0.477. The van der Waals surface area contributed by atoms with Crippen molar-refractivity contribution in [3.63, 3.8) is 0 Å². The molecule has 102 valence electrons. The summed E-state index contributed by atoms with van der Waals surface area (Å²) < 4.78 is 0. The Morgan fingerprint density at radius 3 is 2.61 bits per heavy atom. The number of piperazine rings is 1. The van der Waals surface area contributed by atoms with Gasteiger partial charge in [0, 0.05) is 25.0 Å². The lowest BCUT2D eigenvalue weighted by atomic mass is 9.81. The van der Waals surface area contributed by atoms with Crippen molar-refractivity contribution in [1.82, 2.24) is 10.2 Å². The molecule has 0 aromatic carbocycles. The van der Waals surface area contributed by atoms with Crippen molar-refractivity contribution in [3.05, 3.63) is 0 Å². The van der Waals surface area contributed by atoms with Crippen LogP contribution in [0.2, 0.25) is 0 Å². The van der Waals surface area contributed by atoms with Gasteiger partial charge in [0.1, 0.15) is 6.04 Å². The highest BCUT2D eigenvalue weighted by molar-refractivity contribution is 5.90. The minimum absolute atomic E-state index is 0.146. The average molecular weight is 253 g/mol. The molecule has 0 spiro atoms. The van der Waals surface area contributed by atoms with Gasteiger partial charge in [-0.25, -0.2) is 0 Å². The molecule has 1 saturated carbocycles. The number of carbonyl (C=O) groups is 2. The quantitative estimate of drug-likeness (QED) is 0.756. The zero-order chi connectivity index (χ0) is 13.2. The number of rotatable bonds is 3. The maximum atomic E-state index is 12.8. The molecule has 2 rings (SSSR count). The smallest absolute Gasteiger partial charge is 0.241 e. The third-order valence-electron chi connectivity index (χ3n) is 4.52. The van der Waals surface area contributed by atoms with Gasteiger partial charge >= 0.3 is 0 Å². The second-order valence-electron chi connectivity index (χ2n) is 5.46. The maximum absolute atomic E-state index is 12.8. The van der Waals surface area contributed by atoms with Crippen LogP contribution < -0.4 is 11.1 Å². The van der Waals surface area contributed by atoms with E-state index in [1.807, 2.05) is 0 Å². The van der Waals surface area contributed by atoms with Gasteiger partial charge in [-0.1, -0.05) is 19.8 Å². The fraction of sp³-hybridized carbons (Fsp3) is 0.846. The van der Waals surface area contributed by atoms with Gasteiger partial charge in [0.15, 0.2) is 0 Å². The van der Waals surface area contributed by atoms with Crippen molar-refractivity contribution in [2.45, 2.75) is 45.1 Å². The summed E-state index contributed by atoms with van der Waals surface area (Å²) in [5, 5.41) is 3.13. The van der Waals surface area contributed by atoms with Crippen molar-refractivity contribution in [1.29, 1.82) is 0 Å². The third-order valence-corrected chi connectivity index (χ3v) is 4.52. The molecule has 3 N–H and O–H groups in total. The van der Waals surface area contributed by atoms with E-state index in [2.05, 4.69) is 12.2 Å². The molecule has 2 aliphatic rings. The molecule has 5 heteroatoms. The first-order chi connectivity index (χ1) is 8.60. The van der Waals surface area contributed by atoms with Crippen molar-refractivity contribution < 1.29 is 9.59 Å². The Kier molecular flexibility index (Phi) is 3.90. The predicted octanol–water partition coefficient (Wildman–Crippen LogP) is 0.243. The Morgan fingerprint density at radius 1 is 1.39 bits per heavy atom. The standard InChI is InChI=1S/C13H23N3O2/c1-2-13(5-3-4-6-13)12(18)16-8-7-15-9-10(16)11(14)17/h10,15H,2-9H2,1H3,(H2,14,17). The molecule has 1 atom stereocenters. The highest BCUT2D eigenvalue weighted by Gasteiger charge is 2.44. The van der Waals surface area contributed by atoms with Crippen LogP contribution in [0, 0.1) is 5.41 Å². The lowest BCUT2D eigenvalue weighted by Gasteiger charge is -2.40. The molecule has 1 heterocycles. The van der Waals surface area contributed by atoms with E-state index in [-0.39, 0.29) is 11.3 Å². The Morgan fingerprint density at radius 2 is 2.06 bits per heavy atom. The fourth-order valence-electron chi connectivity index (χ4n) is 3.28. The molecule has 0 aromatic heterocycles. The van der Waals surface area contributed by atoms with Crippen LogP contribution in [0.25, 0.3) is 0 Å². The summed E-state index contributed by atoms with van der Waals surface area (Å²) in [4.78, 5) is 25.9. The molecule has 0 bridgehead atoms. The number of nitrogens with zero attached hydrogens (tertiary/aromatic N) is 1. The van der Waals surface area contributed by atoms with Gasteiger partial charge in [-0.3, -0.25) is 9.59 Å². The van der Waals surface area contributed by atoms with Crippen molar-refractivity contribution in [2.75, 3.05) is 19.6 Å². The molecular formula is C13H23N3O2. The molecule has 0 aromatic rings. The topological polar surface area (TPSA) is 75.4 Å². The summed E-state index contributed by atoms with van der Waals surface area (Å²) in [6.45, 7) is 3.90. The molecule has 1 aliphatic carbocycles. The molecule has 18 heavy (non-hydrogen) atoms. The Labute approximate surface area is 108 Å². The van der Waals surface area contributed by atoms with E-state index in [9.17, 15) is 9.59 Å². The predicted molar refractivity (Wildman–Crippen MR) is 68.8 cm³/mol. The number of amides is 2. The second kappa shape index (κ2) is 5.26. The lowest BCUT2D eigenvalue weighted by molar-refractivity contribution is -0.149. The molecular weight excluding hydrogens is 230 g/mol. The Balaban J connectivity index is 2.17. The number of nitrogens with two attached hydrogens (primary N) is 1. The first-order valence-corrected chi connectivity index (χ1v) is 6.92. The fourth-order valence-corrected chi connectivity index (χ4v) is 3.28. The SMILES string of the molecule is CCC1(C(=O)N2CCNCC2C(N)=O)CCCC1. The minimum Gasteiger partial charge on any atom is -0.368 e. The van der Waals surface area contributed by atoms with E-state index in [0.29, 0.717) is 13.1 Å². The Bertz CT molecular complexity index is 337. The Hall–Kier alpha value is -1.10. The molecule has 5 nitrogen and oxygen atoms in total. The number of hydrogen-bond acceptors (Lipinski definition) is 3. The van der Waals surface area contributed by atoms with E-state index in [1.54, 1.807) is 4.90 Å². The van der Waals surface area contributed by atoms with Gasteiger partial charge in [-0.05, 0) is 19.3 Å². The normalized spacial score (nSPS) is 27.2. The summed E-state index contributed by atoms with van der Waals surface area (Å²) >= 11 is 0. The van der Waals surface area contributed by atoms with Gasteiger partial charge < -0.3 is 16.0 Å². The second-order valence-corrected chi connectivity index (χ2v) is 5.46. The minimum atomic E-state index is -0.477. The van der Waals surface area contributed by atoms with Crippen LogP contribution in [0.5, 0.6) is 0 Å². The summed E-state index contributed by atoms with van der Waals surface area (Å²) in [5.74, 6) is -0.257. The summed E-state index contributed by atoms with van der Waals surface area (Å²) in [5.41, 5.74) is 5.17. The largest absolute Gasteiger partial charge is 0.368 e. The highest BCUT2D eigenvalue weighted by atomic mass is 16.2. The average Bonchev–Trinajstić information content (AvgIpc) is 2.87. The van der Waals surface area contributed by atoms with Gasteiger partial charge in [0.05, 0.1) is 0 Å². The zero-order valence-corrected chi connectivity index (χ0v) is 11.1. The monoisotopic (exact) mass is 253 g/mol. The first-order valence-electron chi connectivity index (χ1n) is 6.92. The number of hydrogen-bond donors (Lipinski definition) is 2. The molecule has 1 unspecified atom stereocenters. The number of carbonyl (C=O) groups excluding carboxylic acids is 2. The van der Waals surface area contributed by atoms with E-state index >= 15 is 0 Å². The van der Waals surface area contributed by atoms with Crippen LogP contribution in [0.4, 0.5) is 0 Å². The van der Waals surface area contributed by atoms with Crippen LogP contribution in [-0.2, 0) is 9.59 Å². The summed E-state index contributed by atoms with van der Waals surface area (Å²) in [7, 11) is 0. The third kappa shape index (κ3) is 2.23. The van der Waals surface area contributed by atoms with Crippen LogP contribution >= 0.6 is 0 Å². The van der Waals surface area contributed by atoms with Crippen LogP contribution in [-0.4, -0.2) is 42.4 Å². The molecule has 2 amide bonds. The number of primary amides is 1. The van der Waals surface area contributed by atoms with Crippen LogP contribution in [0.1, 0.15) is 39.0 Å². The number of nitrogens with one attached hydrogen (secondary N) is 1. The van der Waals surface area contributed by atoms with Crippen LogP contribution in [0.15, 0.2) is 0 Å². The maximum Gasteiger partial charge on any atom is 0.241 e. The molecule has 1 aliphatic heterocycles. The van der Waals surface area contributed by atoms with E-state index < -0.39 is 11.9 Å². The van der Waals surface area contributed by atoms with Crippen molar-refractivity contribution in [3.8, 4) is 0 Å². The molecule has 2 fully saturated rings. The van der Waals surface area contributed by atoms with Gasteiger partial charge in [-0.15, -0.1) is 0 Å².